The summed E-state index contributed by atoms with van der Waals surface area (Å²) in [6, 6.07) is 11.8. The van der Waals surface area contributed by atoms with E-state index in [-0.39, 0.29) is 5.91 Å². The van der Waals surface area contributed by atoms with Crippen LogP contribution in [0.3, 0.4) is 0 Å². The highest BCUT2D eigenvalue weighted by Gasteiger charge is 2.15. The molecule has 0 saturated heterocycles. The summed E-state index contributed by atoms with van der Waals surface area (Å²) in [6.45, 7) is 1.81. The van der Waals surface area contributed by atoms with Gasteiger partial charge >= 0.3 is 0 Å². The summed E-state index contributed by atoms with van der Waals surface area (Å²) in [5.41, 5.74) is 7.48. The highest BCUT2D eigenvalue weighted by molar-refractivity contribution is 6.00. The van der Waals surface area contributed by atoms with Crippen LogP contribution in [0.4, 0.5) is 5.69 Å². The van der Waals surface area contributed by atoms with Crippen molar-refractivity contribution in [2.24, 2.45) is 0 Å². The van der Waals surface area contributed by atoms with E-state index in [2.05, 4.69) is 46.5 Å². The van der Waals surface area contributed by atoms with E-state index in [1.807, 2.05) is 37.3 Å². The lowest BCUT2D eigenvalue weighted by Crippen LogP contribution is -2.09. The first-order chi connectivity index (χ1) is 17.2. The largest absolute Gasteiger partial charge is 0.353 e. The minimum absolute atomic E-state index is 0.0658. The van der Waals surface area contributed by atoms with Crippen LogP contribution in [0.2, 0.25) is 0 Å². The summed E-state index contributed by atoms with van der Waals surface area (Å²) < 4.78 is 0. The fourth-order valence-electron chi connectivity index (χ4n) is 4.10. The average molecular weight is 461 g/mol. The maximum Gasteiger partial charge on any atom is 0.224 e. The lowest BCUT2D eigenvalue weighted by molar-refractivity contribution is -0.115. The Morgan fingerprint density at radius 2 is 1.71 bits per heavy atom. The molecular weight excluding hydrogens is 440 g/mol. The second-order valence-corrected chi connectivity index (χ2v) is 8.09. The van der Waals surface area contributed by atoms with Crippen LogP contribution in [0.25, 0.3) is 55.7 Å². The molecule has 0 aliphatic heterocycles. The van der Waals surface area contributed by atoms with Crippen LogP contribution >= 0.6 is 0 Å². The van der Waals surface area contributed by atoms with Crippen molar-refractivity contribution < 1.29 is 4.79 Å². The van der Waals surface area contributed by atoms with Crippen LogP contribution in [-0.4, -0.2) is 41.0 Å². The Bertz CT molecular complexity index is 1690. The van der Waals surface area contributed by atoms with Gasteiger partial charge in [0, 0.05) is 58.6 Å². The SMILES string of the molecule is CCC(=O)Nc1cncc(-c2cc3c(-c4cc5c(-c6ccncc6)nccc5[nH]4)n[nH]c3cn2)c1. The Kier molecular flexibility index (Phi) is 4.99. The molecule has 0 aliphatic carbocycles. The second-order valence-electron chi connectivity index (χ2n) is 8.09. The number of aromatic nitrogens is 7. The molecular formula is C26H20N8O. The average Bonchev–Trinajstić information content (AvgIpc) is 3.53. The number of rotatable bonds is 5. The number of nitrogens with one attached hydrogen (secondary N) is 3. The Morgan fingerprint density at radius 1 is 0.857 bits per heavy atom. The molecule has 1 amide bonds. The van der Waals surface area contributed by atoms with Crippen LogP contribution in [-0.2, 0) is 4.79 Å². The van der Waals surface area contributed by atoms with Gasteiger partial charge in [-0.2, -0.15) is 5.10 Å². The van der Waals surface area contributed by atoms with E-state index in [0.717, 1.165) is 55.7 Å². The first kappa shape index (κ1) is 20.7. The van der Waals surface area contributed by atoms with Gasteiger partial charge in [-0.25, -0.2) is 0 Å². The lowest BCUT2D eigenvalue weighted by Gasteiger charge is -2.06. The highest BCUT2D eigenvalue weighted by Crippen LogP contribution is 2.33. The van der Waals surface area contributed by atoms with Crippen molar-refractivity contribution in [1.82, 2.24) is 35.1 Å². The number of nitrogens with zero attached hydrogens (tertiary/aromatic N) is 5. The molecule has 0 bridgehead atoms. The van der Waals surface area contributed by atoms with Crippen molar-refractivity contribution in [2.45, 2.75) is 13.3 Å². The van der Waals surface area contributed by atoms with Crippen LogP contribution in [0.5, 0.6) is 0 Å². The number of fused-ring (bicyclic) bond motifs is 2. The van der Waals surface area contributed by atoms with Gasteiger partial charge < -0.3 is 10.3 Å². The first-order valence-electron chi connectivity index (χ1n) is 11.2. The molecule has 6 aromatic rings. The van der Waals surface area contributed by atoms with Crippen molar-refractivity contribution in [3.63, 3.8) is 0 Å². The number of anilines is 1. The Labute approximate surface area is 199 Å². The van der Waals surface area contributed by atoms with Gasteiger partial charge in [0.25, 0.3) is 0 Å². The molecule has 0 aliphatic rings. The molecule has 6 aromatic heterocycles. The molecule has 170 valence electrons. The molecule has 9 nitrogen and oxygen atoms in total. The van der Waals surface area contributed by atoms with Crippen molar-refractivity contribution >= 4 is 33.4 Å². The third kappa shape index (κ3) is 3.78. The Hall–Kier alpha value is -4.92. The molecule has 35 heavy (non-hydrogen) atoms. The molecule has 0 atom stereocenters. The lowest BCUT2D eigenvalue weighted by atomic mass is 10.1. The van der Waals surface area contributed by atoms with E-state index >= 15 is 0 Å². The molecule has 6 rings (SSSR count). The number of pyridine rings is 4. The molecule has 0 saturated carbocycles. The van der Waals surface area contributed by atoms with Crippen LogP contribution < -0.4 is 5.32 Å². The summed E-state index contributed by atoms with van der Waals surface area (Å²) >= 11 is 0. The summed E-state index contributed by atoms with van der Waals surface area (Å²) in [7, 11) is 0. The number of carbonyl (C=O) groups excluding carboxylic acids is 1. The van der Waals surface area contributed by atoms with E-state index in [9.17, 15) is 4.79 Å². The molecule has 0 fully saturated rings. The van der Waals surface area contributed by atoms with Crippen LogP contribution in [0.15, 0.2) is 73.6 Å². The summed E-state index contributed by atoms with van der Waals surface area (Å²) in [4.78, 5) is 32.8. The standard InChI is InChI=1S/C26H20N8O/c1-2-24(35)31-17-9-16(12-28-13-17)21-10-19-23(14-30-21)33-34-26(19)22-11-18-20(32-22)5-8-29-25(18)15-3-6-27-7-4-15/h3-14,32H,2H2,1H3,(H,31,35)(H,33,34). The molecule has 0 unspecified atom stereocenters. The van der Waals surface area contributed by atoms with E-state index < -0.39 is 0 Å². The zero-order valence-corrected chi connectivity index (χ0v) is 18.8. The Balaban J connectivity index is 1.43. The van der Waals surface area contributed by atoms with Crippen LogP contribution in [0, 0.1) is 0 Å². The molecule has 9 heteroatoms. The van der Waals surface area contributed by atoms with Gasteiger partial charge in [0.2, 0.25) is 5.91 Å². The van der Waals surface area contributed by atoms with E-state index in [1.165, 1.54) is 0 Å². The van der Waals surface area contributed by atoms with E-state index in [1.54, 1.807) is 37.2 Å². The highest BCUT2D eigenvalue weighted by atomic mass is 16.1. The fraction of sp³-hybridized carbons (Fsp3) is 0.0769. The van der Waals surface area contributed by atoms with Crippen LogP contribution in [0.1, 0.15) is 13.3 Å². The van der Waals surface area contributed by atoms with Gasteiger partial charge in [-0.3, -0.25) is 29.8 Å². The summed E-state index contributed by atoms with van der Waals surface area (Å²) in [5.74, 6) is -0.0658. The van der Waals surface area contributed by atoms with Gasteiger partial charge in [0.15, 0.2) is 0 Å². The zero-order chi connectivity index (χ0) is 23.8. The number of H-pyrrole nitrogens is 2. The van der Waals surface area contributed by atoms with E-state index in [0.29, 0.717) is 12.1 Å². The number of amides is 1. The van der Waals surface area contributed by atoms with Gasteiger partial charge in [-0.1, -0.05) is 6.92 Å². The quantitative estimate of drug-likeness (QED) is 0.333. The third-order valence-corrected chi connectivity index (χ3v) is 5.84. The topological polar surface area (TPSA) is 125 Å². The smallest absolute Gasteiger partial charge is 0.224 e. The second kappa shape index (κ2) is 8.45. The normalized spacial score (nSPS) is 11.2. The number of hydrogen-bond donors (Lipinski definition) is 3. The van der Waals surface area contributed by atoms with Gasteiger partial charge in [0.1, 0.15) is 5.69 Å². The minimum atomic E-state index is -0.0658. The molecule has 0 spiro atoms. The van der Waals surface area contributed by atoms with Gasteiger partial charge in [-0.15, -0.1) is 0 Å². The zero-order valence-electron chi connectivity index (χ0n) is 18.8. The molecule has 6 heterocycles. The first-order valence-corrected chi connectivity index (χ1v) is 11.2. The molecule has 0 aromatic carbocycles. The van der Waals surface area contributed by atoms with Crippen molar-refractivity contribution in [3.05, 3.63) is 73.6 Å². The van der Waals surface area contributed by atoms with E-state index in [4.69, 9.17) is 0 Å². The number of hydrogen-bond acceptors (Lipinski definition) is 6. The molecule has 0 radical (unpaired) electrons. The summed E-state index contributed by atoms with van der Waals surface area (Å²) in [6.07, 6.45) is 10.8. The van der Waals surface area contributed by atoms with Crippen molar-refractivity contribution in [3.8, 4) is 33.9 Å². The monoisotopic (exact) mass is 460 g/mol. The number of carbonyl (C=O) groups is 1. The predicted octanol–water partition coefficient (Wildman–Crippen LogP) is 4.97. The number of aromatic amines is 2. The molecule has 3 N–H and O–H groups in total. The Morgan fingerprint density at radius 3 is 2.57 bits per heavy atom. The predicted molar refractivity (Wildman–Crippen MR) is 134 cm³/mol. The van der Waals surface area contributed by atoms with Gasteiger partial charge in [0.05, 0.1) is 40.7 Å². The van der Waals surface area contributed by atoms with Crippen molar-refractivity contribution in [2.75, 3.05) is 5.32 Å². The fourth-order valence-corrected chi connectivity index (χ4v) is 4.10. The maximum absolute atomic E-state index is 11.8. The maximum atomic E-state index is 11.8. The third-order valence-electron chi connectivity index (χ3n) is 5.84. The van der Waals surface area contributed by atoms with Gasteiger partial charge in [-0.05, 0) is 36.4 Å². The summed E-state index contributed by atoms with van der Waals surface area (Å²) in [5, 5.41) is 12.4. The minimum Gasteiger partial charge on any atom is -0.353 e. The van der Waals surface area contributed by atoms with Crippen molar-refractivity contribution in [1.29, 1.82) is 0 Å².